The lowest BCUT2D eigenvalue weighted by molar-refractivity contribution is 0.0211. The minimum Gasteiger partial charge on any atom is -0.467 e. The fourth-order valence-corrected chi connectivity index (χ4v) is 6.90. The number of nitrogens with zero attached hydrogens (tertiary/aromatic N) is 1. The number of halogens is 2. The number of nitrogens with one attached hydrogen (secondary N) is 1. The lowest BCUT2D eigenvalue weighted by atomic mass is 9.99. The maximum atomic E-state index is 13.2. The number of carbonyl (C=O) groups is 1. The summed E-state index contributed by atoms with van der Waals surface area (Å²) in [7, 11) is -4.15. The summed E-state index contributed by atoms with van der Waals surface area (Å²) in [5.41, 5.74) is -0.256. The molecule has 2 atom stereocenters. The molecule has 1 aromatic carbocycles. The highest BCUT2D eigenvalue weighted by Crippen LogP contribution is 2.46. The molecule has 0 radical (unpaired) electrons. The van der Waals surface area contributed by atoms with Crippen LogP contribution in [0.5, 0.6) is 5.75 Å². The minimum absolute atomic E-state index is 0.0310. The summed E-state index contributed by atoms with van der Waals surface area (Å²) in [5, 5.41) is 0.553. The predicted octanol–water partition coefficient (Wildman–Crippen LogP) is 6.22. The lowest BCUT2D eigenvalue weighted by Gasteiger charge is -2.36. The Bertz CT molecular complexity index is 1100. The Morgan fingerprint density at radius 3 is 2.36 bits per heavy atom. The van der Waals surface area contributed by atoms with Crippen molar-refractivity contribution in [3.8, 4) is 5.75 Å². The van der Waals surface area contributed by atoms with Crippen LogP contribution in [0.2, 0.25) is 28.2 Å². The van der Waals surface area contributed by atoms with E-state index in [0.717, 1.165) is 0 Å². The third-order valence-corrected chi connectivity index (χ3v) is 13.8. The molecule has 0 spiro atoms. The van der Waals surface area contributed by atoms with Gasteiger partial charge in [0.15, 0.2) is 15.1 Å². The number of rotatable bonds is 11. The van der Waals surface area contributed by atoms with E-state index in [9.17, 15) is 13.2 Å². The maximum absolute atomic E-state index is 13.2. The van der Waals surface area contributed by atoms with Crippen molar-refractivity contribution in [2.45, 2.75) is 77.7 Å². The van der Waals surface area contributed by atoms with E-state index in [1.54, 1.807) is 32.9 Å². The third kappa shape index (κ3) is 9.76. The first kappa shape index (κ1) is 34.1. The molecular weight excluding hydrogens is 583 g/mol. The summed E-state index contributed by atoms with van der Waals surface area (Å²) in [6.07, 6.45) is -0.249. The Morgan fingerprint density at radius 1 is 1.15 bits per heavy atom. The molecule has 1 aliphatic rings. The maximum Gasteiger partial charge on any atom is 0.410 e. The molecule has 1 amide bonds. The summed E-state index contributed by atoms with van der Waals surface area (Å²) < 4.78 is 51.2. The van der Waals surface area contributed by atoms with E-state index in [0.29, 0.717) is 29.4 Å². The zero-order valence-electron chi connectivity index (χ0n) is 24.5. The second-order valence-electron chi connectivity index (χ2n) is 12.4. The normalized spacial score (nSPS) is 18.9. The van der Waals surface area contributed by atoms with E-state index in [-0.39, 0.29) is 41.6 Å². The van der Waals surface area contributed by atoms with Gasteiger partial charge in [-0.1, -0.05) is 44.0 Å². The van der Waals surface area contributed by atoms with Crippen molar-refractivity contribution >= 4 is 47.6 Å². The quantitative estimate of drug-likeness (QED) is 0.177. The Labute approximate surface area is 245 Å². The van der Waals surface area contributed by atoms with Gasteiger partial charge in [-0.25, -0.2) is 17.9 Å². The molecule has 1 heterocycles. The lowest BCUT2D eigenvalue weighted by Crippen LogP contribution is -2.43. The summed E-state index contributed by atoms with van der Waals surface area (Å²) >= 11 is 13.0. The largest absolute Gasteiger partial charge is 0.467 e. The van der Waals surface area contributed by atoms with Gasteiger partial charge in [0.2, 0.25) is 10.0 Å². The van der Waals surface area contributed by atoms with Gasteiger partial charge < -0.3 is 23.5 Å². The number of hydrogen-bond donors (Lipinski definition) is 1. The van der Waals surface area contributed by atoms with Crippen LogP contribution in [0.15, 0.2) is 12.1 Å². The second kappa shape index (κ2) is 13.3. The molecule has 0 aromatic heterocycles. The monoisotopic (exact) mass is 626 g/mol. The number of likely N-dealkylation sites (tertiary alicyclic amines) is 1. The van der Waals surface area contributed by atoms with Crippen LogP contribution in [0.3, 0.4) is 0 Å². The van der Waals surface area contributed by atoms with Gasteiger partial charge in [-0.15, -0.1) is 0 Å². The van der Waals surface area contributed by atoms with E-state index >= 15 is 0 Å². The van der Waals surface area contributed by atoms with Crippen molar-refractivity contribution in [3.63, 3.8) is 0 Å². The fraction of sp³-hybridized carbons (Fsp3) is 0.731. The summed E-state index contributed by atoms with van der Waals surface area (Å²) in [6, 6.07) is 2.65. The zero-order chi connectivity index (χ0) is 29.8. The van der Waals surface area contributed by atoms with Crippen LogP contribution in [0.1, 0.15) is 59.6 Å². The first-order valence-corrected chi connectivity index (χ1v) is 18.3. The van der Waals surface area contributed by atoms with Crippen LogP contribution in [0.4, 0.5) is 4.79 Å². The van der Waals surface area contributed by atoms with E-state index in [2.05, 4.69) is 38.6 Å². The number of sulfonamides is 1. The molecule has 0 bridgehead atoms. The van der Waals surface area contributed by atoms with Crippen LogP contribution in [-0.2, 0) is 23.9 Å². The average molecular weight is 628 g/mol. The number of ether oxygens (including phenoxy) is 3. The molecule has 0 aliphatic carbocycles. The predicted molar refractivity (Wildman–Crippen MR) is 158 cm³/mol. The molecule has 2 rings (SSSR count). The van der Waals surface area contributed by atoms with E-state index in [1.165, 1.54) is 12.0 Å². The molecule has 1 N–H and O–H groups in total. The number of methoxy groups -OCH3 is 1. The molecule has 1 aromatic rings. The van der Waals surface area contributed by atoms with Gasteiger partial charge in [-0.05, 0) is 63.4 Å². The molecule has 1 unspecified atom stereocenters. The summed E-state index contributed by atoms with van der Waals surface area (Å²) in [6.45, 7) is 16.6. The Balaban J connectivity index is 2.24. The molecular formula is C26H44Cl2N2O7SSi. The van der Waals surface area contributed by atoms with Crippen LogP contribution in [0, 0.1) is 5.92 Å². The van der Waals surface area contributed by atoms with Crippen LogP contribution < -0.4 is 9.46 Å². The summed E-state index contributed by atoms with van der Waals surface area (Å²) in [5.74, 6) is -0.157. The van der Waals surface area contributed by atoms with E-state index in [1.807, 2.05) is 0 Å². The standard InChI is InChI=1S/C26H44Cl2N2O7SSi/c1-25(2,3)37-24(31)30-15-18(16-38(32,33)29-12-13-36-39(8,9)26(4,5)6)14-20(30)22-21(35-17-34-7)11-10-19(27)23(22)28/h10-11,18,20,29H,12-17H2,1-9H3/t18?,20-/m1/s1. The van der Waals surface area contributed by atoms with Crippen molar-refractivity contribution in [2.24, 2.45) is 5.92 Å². The highest BCUT2D eigenvalue weighted by atomic mass is 35.5. The molecule has 9 nitrogen and oxygen atoms in total. The van der Waals surface area contributed by atoms with Gasteiger partial charge >= 0.3 is 6.09 Å². The van der Waals surface area contributed by atoms with Crippen LogP contribution in [0.25, 0.3) is 0 Å². The number of carbonyl (C=O) groups excluding carboxylic acids is 1. The highest BCUT2D eigenvalue weighted by Gasteiger charge is 2.42. The van der Waals surface area contributed by atoms with Gasteiger partial charge in [0.05, 0.1) is 21.8 Å². The zero-order valence-corrected chi connectivity index (χ0v) is 27.8. The van der Waals surface area contributed by atoms with Crippen molar-refractivity contribution in [3.05, 3.63) is 27.7 Å². The van der Waals surface area contributed by atoms with Crippen LogP contribution >= 0.6 is 23.2 Å². The second-order valence-corrected chi connectivity index (χ2v) is 19.8. The summed E-state index contributed by atoms with van der Waals surface area (Å²) in [4.78, 5) is 14.8. The van der Waals surface area contributed by atoms with Crippen molar-refractivity contribution in [2.75, 3.05) is 39.4 Å². The SMILES string of the molecule is COCOc1ccc(Cl)c(Cl)c1[C@H]1CC(CS(=O)(=O)NCCO[Si](C)(C)C(C)(C)C)CN1C(=O)OC(C)(C)C. The molecule has 13 heteroatoms. The highest BCUT2D eigenvalue weighted by molar-refractivity contribution is 7.89. The minimum atomic E-state index is -3.65. The number of benzene rings is 1. The number of hydrogen-bond acceptors (Lipinski definition) is 7. The van der Waals surface area contributed by atoms with Crippen molar-refractivity contribution in [1.82, 2.24) is 9.62 Å². The van der Waals surface area contributed by atoms with Gasteiger partial charge in [0, 0.05) is 32.4 Å². The van der Waals surface area contributed by atoms with Crippen molar-refractivity contribution in [1.29, 1.82) is 0 Å². The van der Waals surface area contributed by atoms with Gasteiger partial charge in [0.25, 0.3) is 0 Å². The topological polar surface area (TPSA) is 103 Å². The molecule has 1 saturated heterocycles. The van der Waals surface area contributed by atoms with E-state index in [4.69, 9.17) is 41.8 Å². The Kier molecular flexibility index (Phi) is 11.6. The fourth-order valence-electron chi connectivity index (χ4n) is 4.04. The third-order valence-electron chi connectivity index (χ3n) is 6.92. The van der Waals surface area contributed by atoms with Gasteiger partial charge in [-0.3, -0.25) is 0 Å². The Hall–Kier alpha value is -1.08. The molecule has 224 valence electrons. The first-order valence-electron chi connectivity index (χ1n) is 13.0. The average Bonchev–Trinajstić information content (AvgIpc) is 3.18. The van der Waals surface area contributed by atoms with Gasteiger partial charge in [0.1, 0.15) is 11.4 Å². The first-order chi connectivity index (χ1) is 17.8. The molecule has 1 aliphatic heterocycles. The van der Waals surface area contributed by atoms with Crippen LogP contribution in [-0.4, -0.2) is 72.7 Å². The molecule has 1 fully saturated rings. The molecule has 0 saturated carbocycles. The Morgan fingerprint density at radius 2 is 1.79 bits per heavy atom. The van der Waals surface area contributed by atoms with E-state index < -0.39 is 36.1 Å². The van der Waals surface area contributed by atoms with Crippen molar-refractivity contribution < 1.29 is 31.8 Å². The molecule has 39 heavy (non-hydrogen) atoms. The van der Waals surface area contributed by atoms with Gasteiger partial charge in [-0.2, -0.15) is 0 Å². The number of amides is 1. The smallest absolute Gasteiger partial charge is 0.410 e.